The van der Waals surface area contributed by atoms with Crippen LogP contribution in [-0.4, -0.2) is 27.6 Å². The van der Waals surface area contributed by atoms with Crippen LogP contribution in [0.5, 0.6) is 0 Å². The summed E-state index contributed by atoms with van der Waals surface area (Å²) >= 11 is 0. The molecule has 0 heterocycles. The predicted octanol–water partition coefficient (Wildman–Crippen LogP) is 14.5. The Morgan fingerprint density at radius 1 is 0.314 bits per heavy atom. The number of ketones is 4. The van der Waals surface area contributed by atoms with Gasteiger partial charge in [-0.15, -0.1) is 0 Å². The van der Waals surface area contributed by atoms with E-state index in [9.17, 15) is 0 Å². The van der Waals surface area contributed by atoms with Crippen LogP contribution in [0.3, 0.4) is 0 Å². The highest BCUT2D eigenvalue weighted by Crippen LogP contribution is 2.58. The highest BCUT2D eigenvalue weighted by molar-refractivity contribution is 6.07. The van der Waals surface area contributed by atoms with Gasteiger partial charge in [0.1, 0.15) is 0 Å². The zero-order valence-electron chi connectivity index (χ0n) is 39.3. The average molecular weight is 913 g/mol. The Kier molecular flexibility index (Phi) is 14.2. The molecule has 4 atom stereocenters. The quantitative estimate of drug-likeness (QED) is 0.0635. The highest BCUT2D eigenvalue weighted by atomic mass is 16.2. The summed E-state index contributed by atoms with van der Waals surface area (Å²) in [5.74, 6) is -1.39. The minimum Gasteiger partial charge on any atom is -0.287 e. The summed E-state index contributed by atoms with van der Waals surface area (Å²) in [5.41, 5.74) is 7.66. The van der Waals surface area contributed by atoms with Crippen molar-refractivity contribution in [1.82, 2.24) is 0 Å². The molecule has 9 rings (SSSR count). The predicted molar refractivity (Wildman–Crippen MR) is 279 cm³/mol. The maximum absolute atomic E-state index is 17.2. The first-order chi connectivity index (χ1) is 34.3. The van der Waals surface area contributed by atoms with Gasteiger partial charge in [0.25, 0.3) is 0 Å². The van der Waals surface area contributed by atoms with Crippen LogP contribution in [0.25, 0.3) is 0 Å². The molecule has 9 aromatic rings. The number of carbonyl (C=O) groups is 4. The van der Waals surface area contributed by atoms with Gasteiger partial charge in [0.15, 0.2) is 24.2 Å². The van der Waals surface area contributed by atoms with E-state index in [0.717, 1.165) is 22.3 Å². The molecular formula is C65H54NO4+. The third-order valence-electron chi connectivity index (χ3n) is 13.8. The first-order valence-electron chi connectivity index (χ1n) is 23.8. The van der Waals surface area contributed by atoms with E-state index in [0.29, 0.717) is 50.9 Å². The molecule has 9 aromatic carbocycles. The van der Waals surface area contributed by atoms with Crippen molar-refractivity contribution in [3.8, 4) is 0 Å². The van der Waals surface area contributed by atoms with Crippen molar-refractivity contribution >= 4 is 23.1 Å². The van der Waals surface area contributed by atoms with E-state index in [1.54, 1.807) is 36.4 Å². The number of rotatable bonds is 18. The van der Waals surface area contributed by atoms with E-state index in [2.05, 4.69) is 12.1 Å². The summed E-state index contributed by atoms with van der Waals surface area (Å²) in [7, 11) is 0. The minimum atomic E-state index is -1.38. The Morgan fingerprint density at radius 3 is 0.900 bits per heavy atom. The average Bonchev–Trinajstić information content (AvgIpc) is 3.42. The first-order valence-corrected chi connectivity index (χ1v) is 23.8. The molecule has 0 aliphatic carbocycles. The van der Waals surface area contributed by atoms with E-state index in [1.807, 2.05) is 220 Å². The number of nitrogens with zero attached hydrogens (tertiary/aromatic N) is 1. The maximum atomic E-state index is 17.2. The van der Waals surface area contributed by atoms with E-state index >= 15 is 19.2 Å². The molecule has 5 heteroatoms. The smallest absolute Gasteiger partial charge is 0.225 e. The van der Waals surface area contributed by atoms with Crippen molar-refractivity contribution in [1.29, 1.82) is 0 Å². The minimum absolute atomic E-state index is 0.330. The molecule has 0 spiro atoms. The van der Waals surface area contributed by atoms with Gasteiger partial charge < -0.3 is 0 Å². The molecule has 0 amide bonds. The van der Waals surface area contributed by atoms with Gasteiger partial charge in [0.2, 0.25) is 23.1 Å². The topological polar surface area (TPSA) is 68.3 Å². The lowest BCUT2D eigenvalue weighted by Gasteiger charge is -2.56. The Balaban J connectivity index is 1.51. The molecule has 0 aliphatic heterocycles. The lowest BCUT2D eigenvalue weighted by molar-refractivity contribution is -1.00. The van der Waals surface area contributed by atoms with Crippen LogP contribution in [0.4, 0.5) is 0 Å². The van der Waals surface area contributed by atoms with Crippen LogP contribution in [-0.2, 0) is 6.42 Å². The van der Waals surface area contributed by atoms with E-state index < -0.39 is 28.7 Å². The van der Waals surface area contributed by atoms with E-state index in [4.69, 9.17) is 0 Å². The van der Waals surface area contributed by atoms with Gasteiger partial charge in [-0.1, -0.05) is 255 Å². The third-order valence-corrected chi connectivity index (χ3v) is 13.8. The maximum Gasteiger partial charge on any atom is 0.225 e. The summed E-state index contributed by atoms with van der Waals surface area (Å²) in [6.07, 6.45) is 0.662. The van der Waals surface area contributed by atoms with E-state index in [1.165, 1.54) is 0 Å². The number of carbonyl (C=O) groups excluding carboxylic acids is 4. The second-order valence-electron chi connectivity index (χ2n) is 17.9. The zero-order chi connectivity index (χ0) is 48.5. The summed E-state index contributed by atoms with van der Waals surface area (Å²) in [5, 5.41) is 0. The van der Waals surface area contributed by atoms with Crippen molar-refractivity contribution in [2.45, 2.75) is 44.4 Å². The molecule has 0 radical (unpaired) electrons. The second kappa shape index (κ2) is 21.3. The lowest BCUT2D eigenvalue weighted by atomic mass is 9.76. The number of hydrogen-bond acceptors (Lipinski definition) is 4. The molecule has 0 fully saturated rings. The summed E-state index contributed by atoms with van der Waals surface area (Å²) in [4.78, 5) is 67.2. The molecular weight excluding hydrogens is 859 g/mol. The highest BCUT2D eigenvalue weighted by Gasteiger charge is 2.65. The van der Waals surface area contributed by atoms with Crippen LogP contribution in [0, 0.1) is 13.8 Å². The fraction of sp³-hybridized carbons (Fsp3) is 0.108. The zero-order valence-corrected chi connectivity index (χ0v) is 39.3. The molecule has 0 aromatic heterocycles. The fourth-order valence-corrected chi connectivity index (χ4v) is 10.5. The summed E-state index contributed by atoms with van der Waals surface area (Å²) in [6.45, 7) is 4.03. The van der Waals surface area contributed by atoms with Crippen molar-refractivity contribution in [3.63, 3.8) is 0 Å². The molecule has 0 saturated heterocycles. The summed E-state index contributed by atoms with van der Waals surface area (Å²) < 4.78 is -0.694. The van der Waals surface area contributed by atoms with Gasteiger partial charge in [-0.05, 0) is 42.5 Å². The van der Waals surface area contributed by atoms with Gasteiger partial charge >= 0.3 is 0 Å². The third kappa shape index (κ3) is 9.28. The van der Waals surface area contributed by atoms with Crippen molar-refractivity contribution in [2.75, 3.05) is 0 Å². The van der Waals surface area contributed by atoms with Crippen molar-refractivity contribution in [3.05, 3.63) is 322 Å². The van der Waals surface area contributed by atoms with E-state index in [-0.39, 0.29) is 23.1 Å². The van der Waals surface area contributed by atoms with Crippen LogP contribution in [0.15, 0.2) is 255 Å². The molecule has 0 saturated carbocycles. The molecule has 70 heavy (non-hydrogen) atoms. The molecule has 4 unspecified atom stereocenters. The molecule has 0 N–H and O–H groups in total. The van der Waals surface area contributed by atoms with Gasteiger partial charge in [0, 0.05) is 44.5 Å². The summed E-state index contributed by atoms with van der Waals surface area (Å²) in [6, 6.07) is 73.6. The molecule has 342 valence electrons. The largest absolute Gasteiger partial charge is 0.287 e. The second-order valence-corrected chi connectivity index (χ2v) is 17.9. The van der Waals surface area contributed by atoms with Crippen molar-refractivity contribution < 1.29 is 23.7 Å². The lowest BCUT2D eigenvalue weighted by Crippen LogP contribution is -2.64. The fourth-order valence-electron chi connectivity index (χ4n) is 10.5. The van der Waals surface area contributed by atoms with Crippen LogP contribution < -0.4 is 0 Å². The Labute approximate surface area is 411 Å². The number of Topliss-reactive ketones (excluding diaryl/α,β-unsaturated/α-hetero) is 4. The van der Waals surface area contributed by atoms with Gasteiger partial charge in [0.05, 0.1) is 0 Å². The van der Waals surface area contributed by atoms with Crippen LogP contribution >= 0.6 is 0 Å². The molecule has 5 nitrogen and oxygen atoms in total. The van der Waals surface area contributed by atoms with Crippen LogP contribution in [0.2, 0.25) is 0 Å². The number of hydrogen-bond donors (Lipinski definition) is 0. The Bertz CT molecular complexity index is 2970. The first kappa shape index (κ1) is 46.7. The standard InChI is InChI=1S/C65H54NO4/c1-46-47(2)57(44-43-56(46)45-48-27-11-3-12-28-48)65(70)61(52-35-19-7-20-36-52)66(58(49-29-13-4-14-30-49)62(67)53-37-21-8-22-38-53,59(50-31-15-5-16-32-50)63(68)54-39-23-9-24-40-54)60(51-33-17-6-18-34-51)64(69)55-41-25-10-26-42-55/h3-44,58-61H,45H2,1-2H3/q+1. The normalized spacial score (nSPS) is 13.7. The number of quaternary nitrogens is 1. The van der Waals surface area contributed by atoms with Gasteiger partial charge in [-0.25, -0.2) is 0 Å². The van der Waals surface area contributed by atoms with Gasteiger partial charge in [-0.3, -0.25) is 23.7 Å². The Morgan fingerprint density at radius 2 is 0.586 bits per heavy atom. The molecule has 0 aliphatic rings. The SMILES string of the molecule is Cc1c(Cc2ccccc2)ccc(C(=O)C(c2ccccc2)[N+](C(C(=O)c2ccccc2)c2ccccc2)(C(C(=O)c2ccccc2)c2ccccc2)C(C(=O)c2ccccc2)c2ccccc2)c1C. The monoisotopic (exact) mass is 912 g/mol. The van der Waals surface area contributed by atoms with Crippen LogP contribution in [0.1, 0.15) is 110 Å². The van der Waals surface area contributed by atoms with Gasteiger partial charge in [-0.2, -0.15) is 0 Å². The Hall–Kier alpha value is -8.38. The molecule has 0 bridgehead atoms. The van der Waals surface area contributed by atoms with Crippen molar-refractivity contribution in [2.24, 2.45) is 0 Å². The number of benzene rings is 9.